The van der Waals surface area contributed by atoms with Gasteiger partial charge in [-0.25, -0.2) is 0 Å². The fraction of sp³-hybridized carbons (Fsp3) is 0. The molecule has 10 aromatic rings. The number of fused-ring (bicyclic) bond motifs is 4. The molecule has 0 amide bonds. The second kappa shape index (κ2) is 12.5. The number of hydrogen-bond donors (Lipinski definition) is 0. The smallest absolute Gasteiger partial charge is 0.00257 e. The summed E-state index contributed by atoms with van der Waals surface area (Å²) in [6, 6.07) is 75.7. The van der Waals surface area contributed by atoms with E-state index >= 15 is 0 Å². The Morgan fingerprint density at radius 1 is 0.192 bits per heavy atom. The van der Waals surface area contributed by atoms with Gasteiger partial charge in [0, 0.05) is 0 Å². The molecule has 0 bridgehead atoms. The highest BCUT2D eigenvalue weighted by Crippen LogP contribution is 2.47. The molecular weight excluding hydrogens is 625 g/mol. The fourth-order valence-corrected chi connectivity index (χ4v) is 8.16. The molecular formula is C52H34. The third-order valence-electron chi connectivity index (χ3n) is 10.6. The van der Waals surface area contributed by atoms with Crippen molar-refractivity contribution in [1.29, 1.82) is 0 Å². The van der Waals surface area contributed by atoms with E-state index in [1.54, 1.807) is 0 Å². The van der Waals surface area contributed by atoms with Crippen LogP contribution in [0.3, 0.4) is 0 Å². The molecule has 52 heavy (non-hydrogen) atoms. The Labute approximate surface area is 303 Å². The van der Waals surface area contributed by atoms with E-state index < -0.39 is 0 Å². The van der Waals surface area contributed by atoms with E-state index in [1.165, 1.54) is 98.7 Å². The lowest BCUT2D eigenvalue weighted by atomic mass is 9.83. The summed E-state index contributed by atoms with van der Waals surface area (Å²) in [6.07, 6.45) is 0. The third-order valence-corrected chi connectivity index (χ3v) is 10.6. The lowest BCUT2D eigenvalue weighted by Gasteiger charge is -2.20. The second-order valence-electron chi connectivity index (χ2n) is 13.7. The van der Waals surface area contributed by atoms with Crippen LogP contribution in [0, 0.1) is 0 Å². The summed E-state index contributed by atoms with van der Waals surface area (Å²) < 4.78 is 0. The van der Waals surface area contributed by atoms with E-state index in [0.717, 1.165) is 0 Å². The highest BCUT2D eigenvalue weighted by atomic mass is 14.2. The van der Waals surface area contributed by atoms with Crippen molar-refractivity contribution in [2.45, 2.75) is 0 Å². The molecule has 0 aliphatic rings. The van der Waals surface area contributed by atoms with Crippen LogP contribution < -0.4 is 0 Å². The van der Waals surface area contributed by atoms with Crippen molar-refractivity contribution in [3.8, 4) is 55.6 Å². The average molecular weight is 659 g/mol. The Bertz CT molecular complexity index is 2930. The van der Waals surface area contributed by atoms with Gasteiger partial charge < -0.3 is 0 Å². The molecule has 242 valence electrons. The number of hydrogen-bond acceptors (Lipinski definition) is 0. The van der Waals surface area contributed by atoms with Crippen molar-refractivity contribution in [3.63, 3.8) is 0 Å². The first-order valence-corrected chi connectivity index (χ1v) is 18.0. The molecule has 10 rings (SSSR count). The molecule has 0 aliphatic heterocycles. The van der Waals surface area contributed by atoms with Crippen molar-refractivity contribution in [2.24, 2.45) is 0 Å². The van der Waals surface area contributed by atoms with Crippen molar-refractivity contribution < 1.29 is 0 Å². The Morgan fingerprint density at radius 2 is 0.712 bits per heavy atom. The zero-order valence-corrected chi connectivity index (χ0v) is 28.6. The molecule has 0 radical (unpaired) electrons. The van der Waals surface area contributed by atoms with Crippen LogP contribution in [0.4, 0.5) is 0 Å². The van der Waals surface area contributed by atoms with Crippen molar-refractivity contribution >= 4 is 43.1 Å². The standard InChI is InChI=1S/C52H34/c1-3-14-35(15-4-1)40-28-29-49-50(34-40)52(48-24-12-11-23-47(48)51(49)41-27-26-37-18-7-8-20-39(37)30-41)44-32-42(36-16-5-2-6-17-36)31-43(33-44)46-25-13-21-38-19-9-10-22-45(38)46/h1-34H. The van der Waals surface area contributed by atoms with E-state index in [2.05, 4.69) is 206 Å². The van der Waals surface area contributed by atoms with Crippen LogP contribution in [0.15, 0.2) is 206 Å². The van der Waals surface area contributed by atoms with E-state index in [4.69, 9.17) is 0 Å². The molecule has 0 aromatic heterocycles. The Morgan fingerprint density at radius 3 is 1.46 bits per heavy atom. The van der Waals surface area contributed by atoms with Gasteiger partial charge in [0.25, 0.3) is 0 Å². The summed E-state index contributed by atoms with van der Waals surface area (Å²) in [5.41, 5.74) is 12.3. The maximum atomic E-state index is 2.42. The van der Waals surface area contributed by atoms with Gasteiger partial charge in [-0.15, -0.1) is 0 Å². The van der Waals surface area contributed by atoms with E-state index in [-0.39, 0.29) is 0 Å². The summed E-state index contributed by atoms with van der Waals surface area (Å²) in [6.45, 7) is 0. The zero-order valence-electron chi connectivity index (χ0n) is 28.6. The molecule has 0 unspecified atom stereocenters. The molecule has 0 aliphatic carbocycles. The van der Waals surface area contributed by atoms with Gasteiger partial charge in [-0.3, -0.25) is 0 Å². The van der Waals surface area contributed by atoms with Crippen molar-refractivity contribution in [3.05, 3.63) is 206 Å². The first-order chi connectivity index (χ1) is 25.8. The first kappa shape index (κ1) is 30.1. The first-order valence-electron chi connectivity index (χ1n) is 18.0. The predicted molar refractivity (Wildman–Crippen MR) is 224 cm³/mol. The summed E-state index contributed by atoms with van der Waals surface area (Å²) in [5, 5.41) is 10.0. The zero-order chi connectivity index (χ0) is 34.4. The van der Waals surface area contributed by atoms with E-state index in [0.29, 0.717) is 0 Å². The SMILES string of the molecule is c1ccc(-c2cc(-c3cccc4ccccc34)cc(-c3c4ccccc4c(-c4ccc5ccccc5c4)c4ccc(-c5ccccc5)cc34)c2)cc1. The van der Waals surface area contributed by atoms with Crippen LogP contribution in [0.2, 0.25) is 0 Å². The Balaban J connectivity index is 1.33. The molecule has 0 heteroatoms. The van der Waals surface area contributed by atoms with Gasteiger partial charge in [-0.05, 0) is 129 Å². The van der Waals surface area contributed by atoms with Gasteiger partial charge >= 0.3 is 0 Å². The fourth-order valence-electron chi connectivity index (χ4n) is 8.16. The molecule has 0 saturated carbocycles. The summed E-state index contributed by atoms with van der Waals surface area (Å²) in [7, 11) is 0. The molecule has 0 saturated heterocycles. The largest absolute Gasteiger partial charge is 0.0622 e. The number of benzene rings is 10. The lowest BCUT2D eigenvalue weighted by molar-refractivity contribution is 1.59. The molecule has 0 N–H and O–H groups in total. The summed E-state index contributed by atoms with van der Waals surface area (Å²) in [4.78, 5) is 0. The van der Waals surface area contributed by atoms with Crippen LogP contribution in [0.5, 0.6) is 0 Å². The monoisotopic (exact) mass is 658 g/mol. The lowest BCUT2D eigenvalue weighted by Crippen LogP contribution is -1.93. The van der Waals surface area contributed by atoms with Crippen molar-refractivity contribution in [2.75, 3.05) is 0 Å². The normalized spacial score (nSPS) is 11.5. The molecule has 0 atom stereocenters. The van der Waals surface area contributed by atoms with Crippen LogP contribution in [0.1, 0.15) is 0 Å². The average Bonchev–Trinajstić information content (AvgIpc) is 3.22. The minimum absolute atomic E-state index is 1.20. The van der Waals surface area contributed by atoms with Gasteiger partial charge in [0.15, 0.2) is 0 Å². The predicted octanol–water partition coefficient (Wildman–Crippen LogP) is 14.6. The van der Waals surface area contributed by atoms with E-state index in [1.807, 2.05) is 0 Å². The van der Waals surface area contributed by atoms with Gasteiger partial charge in [0.1, 0.15) is 0 Å². The van der Waals surface area contributed by atoms with Crippen LogP contribution in [-0.4, -0.2) is 0 Å². The third kappa shape index (κ3) is 5.16. The Kier molecular flexibility index (Phi) is 7.25. The highest BCUT2D eigenvalue weighted by molar-refractivity contribution is 6.22. The molecule has 0 heterocycles. The molecule has 0 spiro atoms. The maximum absolute atomic E-state index is 2.42. The Hall–Kier alpha value is -6.76. The minimum atomic E-state index is 1.20. The van der Waals surface area contributed by atoms with Crippen LogP contribution in [-0.2, 0) is 0 Å². The summed E-state index contributed by atoms with van der Waals surface area (Å²) in [5.74, 6) is 0. The summed E-state index contributed by atoms with van der Waals surface area (Å²) >= 11 is 0. The topological polar surface area (TPSA) is 0 Å². The van der Waals surface area contributed by atoms with Crippen LogP contribution in [0.25, 0.3) is 98.7 Å². The van der Waals surface area contributed by atoms with E-state index in [9.17, 15) is 0 Å². The quantitative estimate of drug-likeness (QED) is 0.161. The van der Waals surface area contributed by atoms with Gasteiger partial charge in [0.2, 0.25) is 0 Å². The highest BCUT2D eigenvalue weighted by Gasteiger charge is 2.19. The van der Waals surface area contributed by atoms with Crippen molar-refractivity contribution in [1.82, 2.24) is 0 Å². The van der Waals surface area contributed by atoms with Gasteiger partial charge in [0.05, 0.1) is 0 Å². The maximum Gasteiger partial charge on any atom is -0.00257 e. The molecule has 0 fully saturated rings. The molecule has 10 aromatic carbocycles. The second-order valence-corrected chi connectivity index (χ2v) is 13.7. The number of rotatable bonds is 5. The van der Waals surface area contributed by atoms with Gasteiger partial charge in [-0.2, -0.15) is 0 Å². The van der Waals surface area contributed by atoms with Crippen LogP contribution >= 0.6 is 0 Å². The minimum Gasteiger partial charge on any atom is -0.0622 e. The van der Waals surface area contributed by atoms with Gasteiger partial charge in [-0.1, -0.05) is 176 Å². The molecule has 0 nitrogen and oxygen atoms in total.